The van der Waals surface area contributed by atoms with Crippen molar-refractivity contribution in [3.63, 3.8) is 0 Å². The second-order valence-electron chi connectivity index (χ2n) is 6.09. The summed E-state index contributed by atoms with van der Waals surface area (Å²) in [4.78, 5) is 0. The Morgan fingerprint density at radius 2 is 1.20 bits per heavy atom. The summed E-state index contributed by atoms with van der Waals surface area (Å²) >= 11 is 0. The highest BCUT2D eigenvalue weighted by molar-refractivity contribution is 5.74. The van der Waals surface area contributed by atoms with Gasteiger partial charge in [-0.15, -0.1) is 0 Å². The van der Waals surface area contributed by atoms with Gasteiger partial charge in [0.15, 0.2) is 12.4 Å². The summed E-state index contributed by atoms with van der Waals surface area (Å²) in [5.41, 5.74) is 2.82. The Morgan fingerprint density at radius 3 is 1.56 bits per heavy atom. The lowest BCUT2D eigenvalue weighted by Gasteiger charge is -2.14. The molecule has 0 N–H and O–H groups in total. The molecule has 0 aliphatic carbocycles. The Bertz CT molecular complexity index is 864. The van der Waals surface area contributed by atoms with Crippen molar-refractivity contribution < 1.29 is 22.3 Å². The largest absolute Gasteiger partial charge is 0.416 e. The van der Waals surface area contributed by atoms with E-state index in [0.29, 0.717) is 11.1 Å². The normalized spacial score (nSPS) is 11.6. The van der Waals surface area contributed by atoms with E-state index in [1.807, 2.05) is 78.9 Å². The molecule has 2 aromatic heterocycles. The first-order valence-corrected chi connectivity index (χ1v) is 7.91. The van der Waals surface area contributed by atoms with Crippen molar-refractivity contribution in [3.8, 4) is 22.5 Å². The minimum Gasteiger partial charge on any atom is -0.201 e. The van der Waals surface area contributed by atoms with Crippen LogP contribution in [0, 0.1) is 6.92 Å². The standard InChI is InChI=1S/C20H19F3N2/c1-14-16(18-8-4-6-10-24(18)2)12-15(20(21,22)23)13-17(14)19-9-5-7-11-25(19)3/h4-13H,1-3H3/q+2. The number of rotatable bonds is 2. The fourth-order valence-electron chi connectivity index (χ4n) is 3.02. The molecular formula is C20H19F3N2+2. The first kappa shape index (κ1) is 17.1. The van der Waals surface area contributed by atoms with Gasteiger partial charge in [-0.1, -0.05) is 0 Å². The minimum atomic E-state index is -4.40. The van der Waals surface area contributed by atoms with Gasteiger partial charge in [0.1, 0.15) is 14.1 Å². The van der Waals surface area contributed by atoms with Gasteiger partial charge in [0.25, 0.3) is 0 Å². The molecule has 25 heavy (non-hydrogen) atoms. The van der Waals surface area contributed by atoms with Crippen LogP contribution < -0.4 is 9.13 Å². The molecule has 0 amide bonds. The van der Waals surface area contributed by atoms with Crippen LogP contribution >= 0.6 is 0 Å². The lowest BCUT2D eigenvalue weighted by molar-refractivity contribution is -0.660. The van der Waals surface area contributed by atoms with E-state index in [9.17, 15) is 13.2 Å². The predicted octanol–water partition coefficient (Wildman–Crippen LogP) is 4.00. The van der Waals surface area contributed by atoms with E-state index in [1.165, 1.54) is 12.1 Å². The number of benzene rings is 1. The fourth-order valence-corrected chi connectivity index (χ4v) is 3.02. The second kappa shape index (κ2) is 6.31. The van der Waals surface area contributed by atoms with Gasteiger partial charge in [-0.3, -0.25) is 0 Å². The highest BCUT2D eigenvalue weighted by Gasteiger charge is 2.34. The maximum Gasteiger partial charge on any atom is 0.416 e. The van der Waals surface area contributed by atoms with Gasteiger partial charge in [0.05, 0.1) is 16.7 Å². The highest BCUT2D eigenvalue weighted by atomic mass is 19.4. The predicted molar refractivity (Wildman–Crippen MR) is 89.4 cm³/mol. The summed E-state index contributed by atoms with van der Waals surface area (Å²) in [7, 11) is 3.66. The molecule has 0 spiro atoms. The Labute approximate surface area is 144 Å². The van der Waals surface area contributed by atoms with Crippen molar-refractivity contribution in [2.45, 2.75) is 13.1 Å². The summed E-state index contributed by atoms with van der Waals surface area (Å²) in [6.45, 7) is 1.87. The number of alkyl halides is 3. The Hall–Kier alpha value is -2.69. The molecule has 1 aromatic carbocycles. The van der Waals surface area contributed by atoms with Crippen LogP contribution in [0.15, 0.2) is 60.9 Å². The van der Waals surface area contributed by atoms with E-state index in [0.717, 1.165) is 17.0 Å². The maximum atomic E-state index is 13.5. The molecule has 0 atom stereocenters. The minimum absolute atomic E-state index is 0.580. The van der Waals surface area contributed by atoms with Crippen LogP contribution in [-0.4, -0.2) is 0 Å². The molecule has 0 unspecified atom stereocenters. The van der Waals surface area contributed by atoms with Crippen molar-refractivity contribution in [1.82, 2.24) is 0 Å². The smallest absolute Gasteiger partial charge is 0.201 e. The second-order valence-corrected chi connectivity index (χ2v) is 6.09. The first-order chi connectivity index (χ1) is 11.8. The molecule has 0 aliphatic heterocycles. The van der Waals surface area contributed by atoms with Crippen LogP contribution in [0.3, 0.4) is 0 Å². The van der Waals surface area contributed by atoms with E-state index in [1.54, 1.807) is 0 Å². The van der Waals surface area contributed by atoms with Crippen LogP contribution in [0.4, 0.5) is 13.2 Å². The van der Waals surface area contributed by atoms with Crippen LogP contribution in [-0.2, 0) is 20.3 Å². The van der Waals surface area contributed by atoms with Gasteiger partial charge in [-0.2, -0.15) is 13.2 Å². The van der Waals surface area contributed by atoms with E-state index in [2.05, 4.69) is 0 Å². The maximum absolute atomic E-state index is 13.5. The Balaban J connectivity index is 2.35. The zero-order valence-electron chi connectivity index (χ0n) is 14.3. The average molecular weight is 344 g/mol. The zero-order valence-corrected chi connectivity index (χ0v) is 14.3. The zero-order chi connectivity index (χ0) is 18.2. The number of hydrogen-bond acceptors (Lipinski definition) is 0. The van der Waals surface area contributed by atoms with Gasteiger partial charge in [0.2, 0.25) is 11.4 Å². The third-order valence-electron chi connectivity index (χ3n) is 4.40. The van der Waals surface area contributed by atoms with E-state index < -0.39 is 11.7 Å². The SMILES string of the molecule is Cc1c(-c2cccc[n+]2C)cc(C(F)(F)F)cc1-c1cccc[n+]1C. The molecule has 3 rings (SSSR count). The number of pyridine rings is 2. The summed E-state index contributed by atoms with van der Waals surface area (Å²) in [5.74, 6) is 0. The molecular weight excluding hydrogens is 325 g/mol. The molecule has 0 aliphatic rings. The molecule has 0 bridgehead atoms. The summed E-state index contributed by atoms with van der Waals surface area (Å²) in [6, 6.07) is 13.5. The van der Waals surface area contributed by atoms with Gasteiger partial charge in [0, 0.05) is 24.3 Å². The van der Waals surface area contributed by atoms with Crippen LogP contribution in [0.2, 0.25) is 0 Å². The third kappa shape index (κ3) is 3.27. The van der Waals surface area contributed by atoms with Gasteiger partial charge in [-0.05, 0) is 36.8 Å². The van der Waals surface area contributed by atoms with Crippen LogP contribution in [0.25, 0.3) is 22.5 Å². The van der Waals surface area contributed by atoms with Crippen LogP contribution in [0.5, 0.6) is 0 Å². The molecule has 128 valence electrons. The third-order valence-corrected chi connectivity index (χ3v) is 4.40. The summed E-state index contributed by atoms with van der Waals surface area (Å²) in [6.07, 6.45) is -0.744. The summed E-state index contributed by atoms with van der Waals surface area (Å²) < 4.78 is 44.2. The molecule has 2 heterocycles. The lowest BCUT2D eigenvalue weighted by atomic mass is 9.93. The van der Waals surface area contributed by atoms with Gasteiger partial charge >= 0.3 is 6.18 Å². The van der Waals surface area contributed by atoms with Gasteiger partial charge in [-0.25, -0.2) is 9.13 Å². The van der Waals surface area contributed by atoms with Crippen molar-refractivity contribution in [2.24, 2.45) is 14.1 Å². The van der Waals surface area contributed by atoms with Crippen molar-refractivity contribution in [2.75, 3.05) is 0 Å². The number of aryl methyl sites for hydroxylation is 2. The van der Waals surface area contributed by atoms with Crippen LogP contribution in [0.1, 0.15) is 11.1 Å². The fraction of sp³-hybridized carbons (Fsp3) is 0.200. The Morgan fingerprint density at radius 1 is 0.760 bits per heavy atom. The molecule has 3 aromatic rings. The number of halogens is 3. The highest BCUT2D eigenvalue weighted by Crippen LogP contribution is 2.37. The molecule has 2 nitrogen and oxygen atoms in total. The van der Waals surface area contributed by atoms with E-state index in [-0.39, 0.29) is 0 Å². The average Bonchev–Trinajstić information content (AvgIpc) is 2.55. The number of aromatic nitrogens is 2. The first-order valence-electron chi connectivity index (χ1n) is 7.91. The molecule has 0 fully saturated rings. The topological polar surface area (TPSA) is 7.76 Å². The number of hydrogen-bond donors (Lipinski definition) is 0. The van der Waals surface area contributed by atoms with Crippen molar-refractivity contribution in [1.29, 1.82) is 0 Å². The van der Waals surface area contributed by atoms with Gasteiger partial charge < -0.3 is 0 Å². The van der Waals surface area contributed by atoms with Crippen molar-refractivity contribution >= 4 is 0 Å². The number of nitrogens with zero attached hydrogens (tertiary/aromatic N) is 2. The Kier molecular flexibility index (Phi) is 4.33. The molecule has 5 heteroatoms. The van der Waals surface area contributed by atoms with E-state index in [4.69, 9.17) is 0 Å². The van der Waals surface area contributed by atoms with Crippen molar-refractivity contribution in [3.05, 3.63) is 72.1 Å². The summed E-state index contributed by atoms with van der Waals surface area (Å²) in [5, 5.41) is 0. The van der Waals surface area contributed by atoms with E-state index >= 15 is 0 Å². The molecule has 0 radical (unpaired) electrons. The molecule has 0 saturated heterocycles. The monoisotopic (exact) mass is 344 g/mol. The quantitative estimate of drug-likeness (QED) is 0.621. The lowest BCUT2D eigenvalue weighted by Crippen LogP contribution is -2.31. The molecule has 0 saturated carbocycles.